The van der Waals surface area contributed by atoms with Crippen molar-refractivity contribution in [3.05, 3.63) is 52.9 Å². The van der Waals surface area contributed by atoms with Gasteiger partial charge in [0.05, 0.1) is 23.2 Å². The highest BCUT2D eigenvalue weighted by Gasteiger charge is 2.44. The number of carbonyl (C=O) groups is 2. The third kappa shape index (κ3) is 5.21. The summed E-state index contributed by atoms with van der Waals surface area (Å²) in [6, 6.07) is 7.71. The molecule has 1 aromatic heterocycles. The molecule has 4 atom stereocenters. The summed E-state index contributed by atoms with van der Waals surface area (Å²) >= 11 is 6.09. The summed E-state index contributed by atoms with van der Waals surface area (Å²) in [5.74, 6) is 0.308. The van der Waals surface area contributed by atoms with Crippen molar-refractivity contribution in [2.45, 2.75) is 56.4 Å². The largest absolute Gasteiger partial charge is 0.490 e. The summed E-state index contributed by atoms with van der Waals surface area (Å²) in [4.78, 5) is 33.9. The summed E-state index contributed by atoms with van der Waals surface area (Å²) in [5.41, 5.74) is 0.286. The normalized spacial score (nSPS) is 25.6. The number of rotatable bonds is 6. The van der Waals surface area contributed by atoms with E-state index in [9.17, 15) is 19.1 Å². The van der Waals surface area contributed by atoms with Crippen LogP contribution in [0.3, 0.4) is 0 Å². The first-order chi connectivity index (χ1) is 16.9. The van der Waals surface area contributed by atoms with Crippen molar-refractivity contribution in [1.29, 1.82) is 0 Å². The molecule has 10 heteroatoms. The molecule has 2 aromatic rings. The molecule has 186 valence electrons. The van der Waals surface area contributed by atoms with Gasteiger partial charge in [0.1, 0.15) is 23.5 Å². The van der Waals surface area contributed by atoms with Crippen molar-refractivity contribution < 1.29 is 23.8 Å². The van der Waals surface area contributed by atoms with E-state index in [-0.39, 0.29) is 54.5 Å². The molecule has 1 unspecified atom stereocenters. The number of piperidine rings is 1. The van der Waals surface area contributed by atoms with Gasteiger partial charge in [-0.05, 0) is 49.6 Å². The number of β-amino-alcohol motifs (C(OH)–C–C–N with tert-alkyl or cyclic N) is 1. The number of hydrogen-bond acceptors (Lipinski definition) is 6. The van der Waals surface area contributed by atoms with Crippen LogP contribution in [0.25, 0.3) is 0 Å². The lowest BCUT2D eigenvalue weighted by Gasteiger charge is -2.39. The number of aromatic nitrogens is 1. The van der Waals surface area contributed by atoms with Crippen LogP contribution in [-0.4, -0.2) is 75.6 Å². The summed E-state index contributed by atoms with van der Waals surface area (Å²) in [6.07, 6.45) is 4.69. The van der Waals surface area contributed by atoms with E-state index in [0.29, 0.717) is 29.6 Å². The van der Waals surface area contributed by atoms with Crippen LogP contribution in [-0.2, 0) is 4.79 Å². The fraction of sp³-hybridized carbons (Fsp3) is 0.480. The molecule has 4 heterocycles. The minimum atomic E-state index is -0.533. The topological polar surface area (TPSA) is 95.0 Å². The van der Waals surface area contributed by atoms with Crippen LogP contribution in [0.4, 0.5) is 10.2 Å². The predicted molar refractivity (Wildman–Crippen MR) is 128 cm³/mol. The van der Waals surface area contributed by atoms with Gasteiger partial charge in [0.15, 0.2) is 0 Å². The van der Waals surface area contributed by atoms with E-state index in [1.165, 1.54) is 24.4 Å². The van der Waals surface area contributed by atoms with Gasteiger partial charge in [-0.1, -0.05) is 11.6 Å². The highest BCUT2D eigenvalue weighted by atomic mass is 35.5. The molecular formula is C25H28ClFN4O4. The Morgan fingerprint density at radius 2 is 1.89 bits per heavy atom. The molecule has 0 spiro atoms. The number of nitrogens with one attached hydrogen (secondary N) is 1. The number of halogens is 2. The Morgan fingerprint density at radius 1 is 1.17 bits per heavy atom. The lowest BCUT2D eigenvalue weighted by atomic mass is 9.99. The SMILES string of the molecule is O=C(c1cc(Cl)cnc1NCC(=O)N1[C@@H]2CC[C@H]1CC(Oc1ccc(F)cc1)C2)N1CC[C@@H](O)C1. The van der Waals surface area contributed by atoms with Crippen LogP contribution in [0.15, 0.2) is 36.5 Å². The Kier molecular flexibility index (Phi) is 6.80. The Hall–Kier alpha value is -2.91. The second-order valence-electron chi connectivity index (χ2n) is 9.45. The minimum absolute atomic E-state index is 0.00796. The second-order valence-corrected chi connectivity index (χ2v) is 9.88. The number of amides is 2. The maximum atomic E-state index is 13.2. The molecule has 0 aliphatic carbocycles. The van der Waals surface area contributed by atoms with Crippen molar-refractivity contribution in [2.24, 2.45) is 0 Å². The number of nitrogens with zero attached hydrogens (tertiary/aromatic N) is 3. The molecule has 8 nitrogen and oxygen atoms in total. The molecule has 0 saturated carbocycles. The smallest absolute Gasteiger partial charge is 0.257 e. The summed E-state index contributed by atoms with van der Waals surface area (Å²) < 4.78 is 19.2. The highest BCUT2D eigenvalue weighted by molar-refractivity contribution is 6.31. The van der Waals surface area contributed by atoms with Crippen molar-refractivity contribution >= 4 is 29.2 Å². The van der Waals surface area contributed by atoms with E-state index in [1.807, 2.05) is 4.90 Å². The van der Waals surface area contributed by atoms with Crippen LogP contribution >= 0.6 is 11.6 Å². The van der Waals surface area contributed by atoms with Gasteiger partial charge in [-0.3, -0.25) is 9.59 Å². The van der Waals surface area contributed by atoms with E-state index in [1.54, 1.807) is 17.0 Å². The molecule has 3 saturated heterocycles. The number of ether oxygens (including phenoxy) is 1. The average Bonchev–Trinajstić information content (AvgIpc) is 3.39. The molecule has 0 radical (unpaired) electrons. The first kappa shape index (κ1) is 23.8. The number of fused-ring (bicyclic) bond motifs is 2. The third-order valence-electron chi connectivity index (χ3n) is 7.04. The van der Waals surface area contributed by atoms with Crippen LogP contribution in [0.5, 0.6) is 5.75 Å². The zero-order chi connectivity index (χ0) is 24.5. The van der Waals surface area contributed by atoms with Crippen LogP contribution in [0.2, 0.25) is 5.02 Å². The average molecular weight is 503 g/mol. The molecule has 3 aliphatic rings. The number of benzene rings is 1. The van der Waals surface area contributed by atoms with E-state index >= 15 is 0 Å². The molecular weight excluding hydrogens is 475 g/mol. The van der Waals surface area contributed by atoms with Gasteiger partial charge in [-0.2, -0.15) is 0 Å². The van der Waals surface area contributed by atoms with Crippen LogP contribution in [0.1, 0.15) is 42.5 Å². The van der Waals surface area contributed by atoms with Crippen molar-refractivity contribution in [3.63, 3.8) is 0 Å². The Morgan fingerprint density at radius 3 is 2.54 bits per heavy atom. The standard InChI is InChI=1S/C25H28ClFN4O4/c26-15-9-22(25(34)30-8-7-19(32)14-30)24(28-12-15)29-13-23(33)31-17-3-4-18(31)11-21(10-17)35-20-5-1-16(27)2-6-20/h1-2,5-6,9,12,17-19,21,32H,3-4,7-8,10-11,13-14H2,(H,28,29)/t17-,18+,19-,21?/m1/s1. The van der Waals surface area contributed by atoms with Gasteiger partial charge < -0.3 is 25.0 Å². The lowest BCUT2D eigenvalue weighted by Crippen LogP contribution is -2.51. The monoisotopic (exact) mass is 502 g/mol. The first-order valence-corrected chi connectivity index (χ1v) is 12.4. The molecule has 35 heavy (non-hydrogen) atoms. The lowest BCUT2D eigenvalue weighted by molar-refractivity contribution is -0.135. The van der Waals surface area contributed by atoms with Crippen molar-refractivity contribution in [2.75, 3.05) is 25.0 Å². The van der Waals surface area contributed by atoms with Gasteiger partial charge in [0.25, 0.3) is 5.91 Å². The summed E-state index contributed by atoms with van der Waals surface area (Å²) in [6.45, 7) is 0.735. The molecule has 3 fully saturated rings. The predicted octanol–water partition coefficient (Wildman–Crippen LogP) is 3.09. The second kappa shape index (κ2) is 9.99. The Balaban J connectivity index is 1.21. The van der Waals surface area contributed by atoms with Gasteiger partial charge >= 0.3 is 0 Å². The fourth-order valence-corrected chi connectivity index (χ4v) is 5.58. The fourth-order valence-electron chi connectivity index (χ4n) is 5.43. The molecule has 2 N–H and O–H groups in total. The van der Waals surface area contributed by atoms with E-state index < -0.39 is 6.10 Å². The Bertz CT molecular complexity index is 1090. The van der Waals surface area contributed by atoms with Gasteiger partial charge in [-0.25, -0.2) is 9.37 Å². The number of aliphatic hydroxyl groups excluding tert-OH is 1. The first-order valence-electron chi connectivity index (χ1n) is 12.0. The maximum Gasteiger partial charge on any atom is 0.257 e. The quantitative estimate of drug-likeness (QED) is 0.630. The molecule has 3 aliphatic heterocycles. The summed E-state index contributed by atoms with van der Waals surface area (Å²) in [5, 5.41) is 13.1. The molecule has 5 rings (SSSR count). The van der Waals surface area contributed by atoms with E-state index in [2.05, 4.69) is 10.3 Å². The molecule has 2 bridgehead atoms. The Labute approximate surface area is 208 Å². The van der Waals surface area contributed by atoms with Crippen LogP contribution < -0.4 is 10.1 Å². The minimum Gasteiger partial charge on any atom is -0.490 e. The number of carbonyl (C=O) groups excluding carboxylic acids is 2. The number of likely N-dealkylation sites (tertiary alicyclic amines) is 1. The van der Waals surface area contributed by atoms with E-state index in [0.717, 1.165) is 25.7 Å². The van der Waals surface area contributed by atoms with Crippen molar-refractivity contribution in [3.8, 4) is 5.75 Å². The number of hydrogen-bond donors (Lipinski definition) is 2. The highest BCUT2D eigenvalue weighted by Crippen LogP contribution is 2.37. The van der Waals surface area contributed by atoms with Gasteiger partial charge in [0, 0.05) is 44.2 Å². The number of aliphatic hydroxyl groups is 1. The summed E-state index contributed by atoms with van der Waals surface area (Å²) in [7, 11) is 0. The third-order valence-corrected chi connectivity index (χ3v) is 7.24. The maximum absolute atomic E-state index is 13.2. The van der Waals surface area contributed by atoms with Crippen LogP contribution in [0, 0.1) is 5.82 Å². The van der Waals surface area contributed by atoms with Gasteiger partial charge in [-0.15, -0.1) is 0 Å². The zero-order valence-electron chi connectivity index (χ0n) is 19.2. The van der Waals surface area contributed by atoms with Crippen molar-refractivity contribution in [1.82, 2.24) is 14.8 Å². The zero-order valence-corrected chi connectivity index (χ0v) is 20.0. The number of anilines is 1. The van der Waals surface area contributed by atoms with Gasteiger partial charge in [0.2, 0.25) is 5.91 Å². The van der Waals surface area contributed by atoms with E-state index in [4.69, 9.17) is 16.3 Å². The molecule has 2 amide bonds. The molecule has 1 aromatic carbocycles. The number of pyridine rings is 1.